The molecular weight excluding hydrogens is 370 g/mol. The van der Waals surface area contributed by atoms with Crippen molar-refractivity contribution in [3.8, 4) is 0 Å². The molecule has 1 atom stereocenters. The summed E-state index contributed by atoms with van der Waals surface area (Å²) in [6.07, 6.45) is 8.72. The van der Waals surface area contributed by atoms with Crippen LogP contribution in [0.3, 0.4) is 0 Å². The van der Waals surface area contributed by atoms with Crippen LogP contribution in [-0.4, -0.2) is 17.6 Å². The summed E-state index contributed by atoms with van der Waals surface area (Å²) in [5.74, 6) is -0.259. The molecule has 3 nitrogen and oxygen atoms in total. The molecule has 0 radical (unpaired) electrons. The van der Waals surface area contributed by atoms with Gasteiger partial charge in [-0.25, -0.2) is 4.79 Å². The van der Waals surface area contributed by atoms with Gasteiger partial charge in [-0.1, -0.05) is 70.5 Å². The van der Waals surface area contributed by atoms with E-state index in [-0.39, 0.29) is 5.41 Å². The zero-order valence-electron chi connectivity index (χ0n) is 18.8. The lowest BCUT2D eigenvalue weighted by molar-refractivity contribution is 0.0697. The van der Waals surface area contributed by atoms with Crippen LogP contribution in [0.1, 0.15) is 78.7 Å². The summed E-state index contributed by atoms with van der Waals surface area (Å²) in [6, 6.07) is 11.6. The monoisotopic (exact) mass is 403 g/mol. The number of fused-ring (bicyclic) bond motifs is 1. The lowest BCUT2D eigenvalue weighted by Gasteiger charge is -2.33. The summed E-state index contributed by atoms with van der Waals surface area (Å²) < 4.78 is 0. The van der Waals surface area contributed by atoms with Gasteiger partial charge in [0.15, 0.2) is 0 Å². The molecule has 30 heavy (non-hydrogen) atoms. The van der Waals surface area contributed by atoms with E-state index < -0.39 is 5.97 Å². The Bertz CT molecular complexity index is 981. The Kier molecular flexibility index (Phi) is 6.50. The van der Waals surface area contributed by atoms with Crippen molar-refractivity contribution in [2.45, 2.75) is 52.9 Å². The van der Waals surface area contributed by atoms with E-state index in [1.165, 1.54) is 34.4 Å². The number of carbonyl (C=O) groups is 1. The van der Waals surface area contributed by atoms with Crippen molar-refractivity contribution in [1.29, 1.82) is 0 Å². The van der Waals surface area contributed by atoms with Crippen molar-refractivity contribution in [2.75, 3.05) is 6.54 Å². The van der Waals surface area contributed by atoms with Crippen LogP contribution in [0.25, 0.3) is 17.8 Å². The summed E-state index contributed by atoms with van der Waals surface area (Å²) >= 11 is 0. The summed E-state index contributed by atoms with van der Waals surface area (Å²) in [7, 11) is 0. The second-order valence-electron chi connectivity index (χ2n) is 9.12. The average Bonchev–Trinajstić information content (AvgIpc) is 2.72. The second-order valence-corrected chi connectivity index (χ2v) is 9.12. The first-order valence-corrected chi connectivity index (χ1v) is 10.8. The fraction of sp³-hybridized carbons (Fsp3) is 0.370. The molecule has 2 aromatic carbocycles. The zero-order chi connectivity index (χ0) is 21.9. The molecule has 0 fully saturated rings. The molecule has 0 saturated carbocycles. The smallest absolute Gasteiger partial charge is 0.335 e. The first kappa shape index (κ1) is 21.9. The van der Waals surface area contributed by atoms with E-state index in [0.29, 0.717) is 11.5 Å². The number of aryl methyl sites for hydroxylation is 1. The fourth-order valence-electron chi connectivity index (χ4n) is 3.78. The number of carboxylic acid groups (broad SMARTS) is 1. The molecule has 0 aliphatic heterocycles. The molecule has 0 amide bonds. The van der Waals surface area contributed by atoms with Crippen molar-refractivity contribution in [3.63, 3.8) is 0 Å². The number of nitrogens with one attached hydrogen (secondary N) is 1. The Hall–Kier alpha value is -2.81. The number of rotatable bonds is 7. The van der Waals surface area contributed by atoms with Gasteiger partial charge in [0.2, 0.25) is 0 Å². The predicted molar refractivity (Wildman–Crippen MR) is 127 cm³/mol. The molecule has 2 aromatic rings. The van der Waals surface area contributed by atoms with Crippen LogP contribution in [0.15, 0.2) is 42.5 Å². The average molecular weight is 404 g/mol. The van der Waals surface area contributed by atoms with Gasteiger partial charge >= 0.3 is 5.97 Å². The number of carboxylic acids is 1. The third kappa shape index (κ3) is 4.84. The van der Waals surface area contributed by atoms with Crippen molar-refractivity contribution in [2.24, 2.45) is 5.92 Å². The van der Waals surface area contributed by atoms with Crippen LogP contribution in [0, 0.1) is 12.8 Å². The first-order chi connectivity index (χ1) is 14.2. The van der Waals surface area contributed by atoms with Gasteiger partial charge in [-0.15, -0.1) is 0 Å². The van der Waals surface area contributed by atoms with Crippen LogP contribution >= 0.6 is 0 Å². The van der Waals surface area contributed by atoms with Crippen molar-refractivity contribution in [3.05, 3.63) is 75.9 Å². The molecule has 0 heterocycles. The number of aromatic carboxylic acids is 1. The van der Waals surface area contributed by atoms with Gasteiger partial charge in [0.25, 0.3) is 0 Å². The Morgan fingerprint density at radius 2 is 1.90 bits per heavy atom. The molecule has 0 saturated heterocycles. The maximum Gasteiger partial charge on any atom is 0.335 e. The normalized spacial score (nSPS) is 16.1. The van der Waals surface area contributed by atoms with Gasteiger partial charge in [-0.2, -0.15) is 0 Å². The maximum atomic E-state index is 11.0. The van der Waals surface area contributed by atoms with Crippen LogP contribution in [0.5, 0.6) is 0 Å². The molecule has 3 rings (SSSR count). The van der Waals surface area contributed by atoms with E-state index in [2.05, 4.69) is 64.2 Å². The highest BCUT2D eigenvalue weighted by Gasteiger charge is 2.28. The van der Waals surface area contributed by atoms with Gasteiger partial charge in [0, 0.05) is 17.8 Å². The molecular formula is C27H33NO2. The third-order valence-corrected chi connectivity index (χ3v) is 6.19. The van der Waals surface area contributed by atoms with Crippen molar-refractivity contribution < 1.29 is 9.90 Å². The Balaban J connectivity index is 1.92. The number of hydrogen-bond donors (Lipinski definition) is 2. The van der Waals surface area contributed by atoms with Crippen LogP contribution < -0.4 is 5.32 Å². The minimum Gasteiger partial charge on any atom is -0.478 e. The quantitative estimate of drug-likeness (QED) is 0.517. The summed E-state index contributed by atoms with van der Waals surface area (Å²) in [4.78, 5) is 11.0. The van der Waals surface area contributed by atoms with Gasteiger partial charge < -0.3 is 10.4 Å². The highest BCUT2D eigenvalue weighted by molar-refractivity contribution is 5.88. The molecule has 0 bridgehead atoms. The predicted octanol–water partition coefficient (Wildman–Crippen LogP) is 6.52. The van der Waals surface area contributed by atoms with Gasteiger partial charge in [0.05, 0.1) is 5.56 Å². The Labute approximate surface area is 180 Å². The highest BCUT2D eigenvalue weighted by atomic mass is 16.4. The highest BCUT2D eigenvalue weighted by Crippen LogP contribution is 2.39. The topological polar surface area (TPSA) is 49.3 Å². The van der Waals surface area contributed by atoms with Crippen LogP contribution in [0.4, 0.5) is 0 Å². The lowest BCUT2D eigenvalue weighted by Crippen LogP contribution is -2.28. The largest absolute Gasteiger partial charge is 0.478 e. The van der Waals surface area contributed by atoms with E-state index >= 15 is 0 Å². The van der Waals surface area contributed by atoms with Crippen molar-refractivity contribution in [1.82, 2.24) is 5.32 Å². The maximum absolute atomic E-state index is 11.0. The van der Waals surface area contributed by atoms with Gasteiger partial charge in [-0.05, 0) is 65.1 Å². The Morgan fingerprint density at radius 3 is 2.53 bits per heavy atom. The summed E-state index contributed by atoms with van der Waals surface area (Å²) in [6.45, 7) is 12.3. The molecule has 0 aromatic heterocycles. The Morgan fingerprint density at radius 1 is 1.20 bits per heavy atom. The molecule has 2 N–H and O–H groups in total. The van der Waals surface area contributed by atoms with E-state index in [4.69, 9.17) is 5.11 Å². The molecule has 3 heteroatoms. The van der Waals surface area contributed by atoms with Crippen LogP contribution in [-0.2, 0) is 5.41 Å². The van der Waals surface area contributed by atoms with Crippen molar-refractivity contribution >= 4 is 23.8 Å². The van der Waals surface area contributed by atoms with Crippen LogP contribution in [0.2, 0.25) is 0 Å². The SMILES string of the molecule is CCC(C)CNC1=CCC(C)(C)c2cc(C)c(C=Cc3ccc(C(=O)O)cc3)cc21. The minimum atomic E-state index is -0.900. The van der Waals surface area contributed by atoms with E-state index in [9.17, 15) is 4.79 Å². The molecule has 0 spiro atoms. The lowest BCUT2D eigenvalue weighted by atomic mass is 9.73. The second kappa shape index (κ2) is 8.91. The summed E-state index contributed by atoms with van der Waals surface area (Å²) in [5.41, 5.74) is 7.79. The van der Waals surface area contributed by atoms with E-state index in [0.717, 1.165) is 18.5 Å². The van der Waals surface area contributed by atoms with E-state index in [1.54, 1.807) is 12.1 Å². The molecule has 158 valence electrons. The number of hydrogen-bond acceptors (Lipinski definition) is 2. The third-order valence-electron chi connectivity index (χ3n) is 6.19. The molecule has 1 aliphatic rings. The number of allylic oxidation sites excluding steroid dienone is 1. The van der Waals surface area contributed by atoms with Gasteiger partial charge in [-0.3, -0.25) is 0 Å². The minimum absolute atomic E-state index is 0.122. The molecule has 1 aliphatic carbocycles. The first-order valence-electron chi connectivity index (χ1n) is 10.8. The zero-order valence-corrected chi connectivity index (χ0v) is 18.8. The van der Waals surface area contributed by atoms with E-state index in [1.807, 2.05) is 18.2 Å². The fourth-order valence-corrected chi connectivity index (χ4v) is 3.78. The van der Waals surface area contributed by atoms with Gasteiger partial charge in [0.1, 0.15) is 0 Å². The summed E-state index contributed by atoms with van der Waals surface area (Å²) in [5, 5.41) is 12.7. The molecule has 1 unspecified atom stereocenters. The number of benzene rings is 2. The standard InChI is InChI=1S/C27H33NO2/c1-6-18(2)17-28-25-13-14-27(4,5)24-15-19(3)22(16-23(24)25)12-9-20-7-10-21(11-8-20)26(29)30/h7-13,15-16,18,28H,6,14,17H2,1-5H3,(H,29,30).